The largest absolute Gasteiger partial charge is 0.529 e. The highest BCUT2D eigenvalue weighted by atomic mass is 35.5. The number of ether oxygens (including phenoxy) is 1. The fraction of sp³-hybridized carbons (Fsp3) is 0.833. The minimum Gasteiger partial charge on any atom is -0.417 e. The first-order chi connectivity index (χ1) is 5.24. The van der Waals surface area contributed by atoms with E-state index in [0.717, 1.165) is 0 Å². The maximum absolute atomic E-state index is 10.6. The average Bonchev–Trinajstić information content (AvgIpc) is 2.01. The van der Waals surface area contributed by atoms with Crippen molar-refractivity contribution >= 4 is 17.8 Å². The molecule has 0 saturated carbocycles. The van der Waals surface area contributed by atoms with Gasteiger partial charge in [-0.15, -0.1) is 5.06 Å². The highest BCUT2D eigenvalue weighted by Gasteiger charge is 2.07. The van der Waals surface area contributed by atoms with Crippen molar-refractivity contribution in [2.75, 3.05) is 19.2 Å². The van der Waals surface area contributed by atoms with Gasteiger partial charge >= 0.3 is 6.16 Å². The zero-order chi connectivity index (χ0) is 8.69. The lowest BCUT2D eigenvalue weighted by atomic mass is 10.6. The molecule has 0 saturated heterocycles. The molecule has 11 heavy (non-hydrogen) atoms. The van der Waals surface area contributed by atoms with E-state index in [9.17, 15) is 4.79 Å². The maximum atomic E-state index is 10.6. The summed E-state index contributed by atoms with van der Waals surface area (Å²) in [6.45, 7) is 5.01. The first-order valence-electron chi connectivity index (χ1n) is 3.40. The van der Waals surface area contributed by atoms with Crippen LogP contribution < -0.4 is 0 Å². The van der Waals surface area contributed by atoms with E-state index >= 15 is 0 Å². The van der Waals surface area contributed by atoms with Gasteiger partial charge < -0.3 is 9.57 Å². The van der Waals surface area contributed by atoms with Gasteiger partial charge in [0.1, 0.15) is 0 Å². The van der Waals surface area contributed by atoms with Crippen LogP contribution in [0.2, 0.25) is 0 Å². The van der Waals surface area contributed by atoms with Gasteiger partial charge in [-0.1, -0.05) is 11.6 Å². The third kappa shape index (κ3) is 4.86. The summed E-state index contributed by atoms with van der Waals surface area (Å²) in [5.41, 5.74) is 0. The number of halogens is 1. The molecule has 0 aromatic heterocycles. The van der Waals surface area contributed by atoms with Crippen LogP contribution in [0, 0.1) is 0 Å². The predicted molar refractivity (Wildman–Crippen MR) is 41.2 cm³/mol. The van der Waals surface area contributed by atoms with Crippen LogP contribution in [0.3, 0.4) is 0 Å². The number of hydrogen-bond donors (Lipinski definition) is 0. The SMILES string of the molecule is CCN(CC)OC(=O)OCCl. The Bertz CT molecular complexity index is 116. The molecule has 0 aliphatic heterocycles. The quantitative estimate of drug-likeness (QED) is 0.375. The molecule has 0 aromatic carbocycles. The number of carbonyl (C=O) groups excluding carboxylic acids is 1. The van der Waals surface area contributed by atoms with Gasteiger partial charge in [0.2, 0.25) is 0 Å². The van der Waals surface area contributed by atoms with Crippen LogP contribution in [0.4, 0.5) is 4.79 Å². The summed E-state index contributed by atoms with van der Waals surface area (Å²) in [7, 11) is 0. The maximum Gasteiger partial charge on any atom is 0.529 e. The first-order valence-corrected chi connectivity index (χ1v) is 3.93. The Hall–Kier alpha value is -0.480. The third-order valence-electron chi connectivity index (χ3n) is 1.08. The first kappa shape index (κ1) is 10.5. The topological polar surface area (TPSA) is 38.8 Å². The molecule has 4 nitrogen and oxygen atoms in total. The lowest BCUT2D eigenvalue weighted by molar-refractivity contribution is -0.118. The molecule has 0 amide bonds. The second kappa shape index (κ2) is 6.24. The van der Waals surface area contributed by atoms with Gasteiger partial charge in [0, 0.05) is 13.1 Å². The molecule has 0 bridgehead atoms. The van der Waals surface area contributed by atoms with Gasteiger partial charge in [-0.05, 0) is 13.8 Å². The zero-order valence-corrected chi connectivity index (χ0v) is 7.43. The Kier molecular flexibility index (Phi) is 5.97. The molecule has 0 spiro atoms. The van der Waals surface area contributed by atoms with Gasteiger partial charge in [0.25, 0.3) is 0 Å². The van der Waals surface area contributed by atoms with Crippen LogP contribution in [0.25, 0.3) is 0 Å². The normalized spacial score (nSPS) is 9.82. The monoisotopic (exact) mass is 181 g/mol. The van der Waals surface area contributed by atoms with E-state index in [0.29, 0.717) is 13.1 Å². The number of nitrogens with zero attached hydrogens (tertiary/aromatic N) is 1. The van der Waals surface area contributed by atoms with Crippen molar-refractivity contribution in [3.8, 4) is 0 Å². The van der Waals surface area contributed by atoms with E-state index in [1.807, 2.05) is 13.8 Å². The Morgan fingerprint density at radius 3 is 2.36 bits per heavy atom. The van der Waals surface area contributed by atoms with Crippen molar-refractivity contribution in [1.29, 1.82) is 0 Å². The van der Waals surface area contributed by atoms with E-state index in [2.05, 4.69) is 9.57 Å². The van der Waals surface area contributed by atoms with Crippen molar-refractivity contribution in [3.63, 3.8) is 0 Å². The van der Waals surface area contributed by atoms with Gasteiger partial charge in [-0.2, -0.15) is 0 Å². The molecule has 0 aliphatic carbocycles. The molecule has 0 atom stereocenters. The summed E-state index contributed by atoms with van der Waals surface area (Å²) in [6.07, 6.45) is -0.760. The minimum absolute atomic E-state index is 0.180. The molecule has 5 heteroatoms. The molecule has 0 radical (unpaired) electrons. The zero-order valence-electron chi connectivity index (χ0n) is 6.67. The molecular formula is C6H12ClNO3. The summed E-state index contributed by atoms with van der Waals surface area (Å²) >= 11 is 5.12. The fourth-order valence-electron chi connectivity index (χ4n) is 0.529. The molecule has 66 valence electrons. The summed E-state index contributed by atoms with van der Waals surface area (Å²) < 4.78 is 4.34. The van der Waals surface area contributed by atoms with Gasteiger partial charge in [-0.3, -0.25) is 0 Å². The third-order valence-corrected chi connectivity index (χ3v) is 1.19. The van der Waals surface area contributed by atoms with E-state index in [-0.39, 0.29) is 6.07 Å². The predicted octanol–water partition coefficient (Wildman–Crippen LogP) is 1.59. The average molecular weight is 182 g/mol. The molecule has 0 aliphatic rings. The molecule has 0 N–H and O–H groups in total. The standard InChI is InChI=1S/C6H12ClNO3/c1-3-8(4-2)11-6(9)10-5-7/h3-5H2,1-2H3. The van der Waals surface area contributed by atoms with Crippen LogP contribution in [-0.4, -0.2) is 30.4 Å². The second-order valence-corrected chi connectivity index (χ2v) is 1.93. The van der Waals surface area contributed by atoms with E-state index in [4.69, 9.17) is 11.6 Å². The number of rotatable bonds is 4. The van der Waals surface area contributed by atoms with Crippen LogP contribution in [0.1, 0.15) is 13.8 Å². The summed E-state index contributed by atoms with van der Waals surface area (Å²) in [4.78, 5) is 15.3. The van der Waals surface area contributed by atoms with Crippen LogP contribution in [-0.2, 0) is 9.57 Å². The van der Waals surface area contributed by atoms with Crippen LogP contribution in [0.15, 0.2) is 0 Å². The molecule has 0 rings (SSSR count). The molecule has 0 aromatic rings. The number of carbonyl (C=O) groups is 1. The Morgan fingerprint density at radius 1 is 1.45 bits per heavy atom. The van der Waals surface area contributed by atoms with E-state index in [1.54, 1.807) is 0 Å². The highest BCUT2D eigenvalue weighted by Crippen LogP contribution is 1.93. The number of hydrogen-bond acceptors (Lipinski definition) is 4. The fourth-order valence-corrected chi connectivity index (χ4v) is 0.618. The lowest BCUT2D eigenvalue weighted by Gasteiger charge is -2.15. The summed E-state index contributed by atoms with van der Waals surface area (Å²) in [5.74, 6) is 0. The smallest absolute Gasteiger partial charge is 0.417 e. The summed E-state index contributed by atoms with van der Waals surface area (Å²) in [6, 6.07) is -0.180. The number of alkyl halides is 1. The van der Waals surface area contributed by atoms with Crippen molar-refractivity contribution in [3.05, 3.63) is 0 Å². The van der Waals surface area contributed by atoms with Crippen LogP contribution in [0.5, 0.6) is 0 Å². The van der Waals surface area contributed by atoms with Crippen molar-refractivity contribution in [2.45, 2.75) is 13.8 Å². The number of hydroxylamine groups is 2. The molecule has 0 heterocycles. The highest BCUT2D eigenvalue weighted by molar-refractivity contribution is 6.17. The Balaban J connectivity index is 3.54. The van der Waals surface area contributed by atoms with Gasteiger partial charge in [0.05, 0.1) is 0 Å². The molecular weight excluding hydrogens is 170 g/mol. The molecule has 0 unspecified atom stereocenters. The second-order valence-electron chi connectivity index (χ2n) is 1.71. The van der Waals surface area contributed by atoms with E-state index < -0.39 is 6.16 Å². The van der Waals surface area contributed by atoms with E-state index in [1.165, 1.54) is 5.06 Å². The van der Waals surface area contributed by atoms with Gasteiger partial charge in [0.15, 0.2) is 6.07 Å². The Labute approximate surface area is 71.0 Å². The van der Waals surface area contributed by atoms with Crippen molar-refractivity contribution in [1.82, 2.24) is 5.06 Å². The van der Waals surface area contributed by atoms with Gasteiger partial charge in [-0.25, -0.2) is 4.79 Å². The molecule has 0 fully saturated rings. The lowest BCUT2D eigenvalue weighted by Crippen LogP contribution is -2.27. The summed E-state index contributed by atoms with van der Waals surface area (Å²) in [5, 5.41) is 1.47. The van der Waals surface area contributed by atoms with Crippen LogP contribution >= 0.6 is 11.6 Å². The van der Waals surface area contributed by atoms with Crippen molar-refractivity contribution in [2.24, 2.45) is 0 Å². The Morgan fingerprint density at radius 2 is 2.00 bits per heavy atom. The van der Waals surface area contributed by atoms with Crippen molar-refractivity contribution < 1.29 is 14.4 Å². The minimum atomic E-state index is -0.760.